The normalized spacial score (nSPS) is 16.4. The summed E-state index contributed by atoms with van der Waals surface area (Å²) in [6.45, 7) is 2.37. The molecule has 1 aromatic carbocycles. The topological polar surface area (TPSA) is 101 Å². The number of aromatic nitrogens is 1. The molecule has 1 unspecified atom stereocenters. The minimum atomic E-state index is -0.532. The highest BCUT2D eigenvalue weighted by Crippen LogP contribution is 2.26. The number of nitrogens with zero attached hydrogens (tertiary/aromatic N) is 2. The Kier molecular flexibility index (Phi) is 5.37. The molecular formula is C23H24N4O3. The Hall–Kier alpha value is -3.45. The fourth-order valence-corrected chi connectivity index (χ4v) is 3.60. The Bertz CT molecular complexity index is 1150. The molecule has 0 spiro atoms. The minimum Gasteiger partial charge on any atom is -0.461 e. The van der Waals surface area contributed by atoms with E-state index in [1.165, 1.54) is 6.08 Å². The molecule has 1 atom stereocenters. The van der Waals surface area contributed by atoms with Crippen LogP contribution in [0.1, 0.15) is 28.9 Å². The maximum atomic E-state index is 12.6. The lowest BCUT2D eigenvalue weighted by molar-refractivity contribution is -0.125. The van der Waals surface area contributed by atoms with Crippen molar-refractivity contribution in [2.45, 2.75) is 32.4 Å². The lowest BCUT2D eigenvalue weighted by atomic mass is 10.1. The molecule has 30 heavy (non-hydrogen) atoms. The van der Waals surface area contributed by atoms with Gasteiger partial charge in [-0.2, -0.15) is 0 Å². The number of furan rings is 1. The Morgan fingerprint density at radius 2 is 2.20 bits per heavy atom. The first-order chi connectivity index (χ1) is 14.4. The zero-order valence-corrected chi connectivity index (χ0v) is 17.0. The second-order valence-corrected chi connectivity index (χ2v) is 7.57. The third kappa shape index (κ3) is 3.97. The van der Waals surface area contributed by atoms with Crippen LogP contribution in [0.25, 0.3) is 17.0 Å². The summed E-state index contributed by atoms with van der Waals surface area (Å²) >= 11 is 0. The number of benzene rings is 1. The zero-order chi connectivity index (χ0) is 21.3. The number of amides is 2. The van der Waals surface area contributed by atoms with E-state index in [0.717, 1.165) is 33.4 Å². The van der Waals surface area contributed by atoms with Gasteiger partial charge in [-0.05, 0) is 49.1 Å². The van der Waals surface area contributed by atoms with Crippen molar-refractivity contribution in [2.75, 3.05) is 12.4 Å². The number of pyridine rings is 1. The van der Waals surface area contributed by atoms with Crippen LogP contribution in [0.5, 0.6) is 0 Å². The highest BCUT2D eigenvalue weighted by Gasteiger charge is 2.21. The fraction of sp³-hybridized carbons (Fsp3) is 0.261. The Morgan fingerprint density at radius 1 is 1.40 bits per heavy atom. The number of rotatable bonds is 4. The van der Waals surface area contributed by atoms with Crippen molar-refractivity contribution in [1.82, 2.24) is 9.88 Å². The average Bonchev–Trinajstić information content (AvgIpc) is 2.98. The van der Waals surface area contributed by atoms with Gasteiger partial charge in [-0.15, -0.1) is 0 Å². The van der Waals surface area contributed by atoms with Crippen molar-refractivity contribution in [1.29, 1.82) is 0 Å². The van der Waals surface area contributed by atoms with Gasteiger partial charge >= 0.3 is 0 Å². The molecule has 0 fully saturated rings. The molecule has 7 nitrogen and oxygen atoms in total. The smallest absolute Gasteiger partial charge is 0.246 e. The molecule has 1 aliphatic rings. The van der Waals surface area contributed by atoms with Gasteiger partial charge in [0.15, 0.2) is 0 Å². The summed E-state index contributed by atoms with van der Waals surface area (Å²) in [7, 11) is 1.76. The molecule has 0 radical (unpaired) electrons. The van der Waals surface area contributed by atoms with Crippen molar-refractivity contribution < 1.29 is 14.0 Å². The average molecular weight is 404 g/mol. The van der Waals surface area contributed by atoms with E-state index in [4.69, 9.17) is 10.2 Å². The predicted octanol–water partition coefficient (Wildman–Crippen LogP) is 3.02. The van der Waals surface area contributed by atoms with Gasteiger partial charge in [0, 0.05) is 36.8 Å². The van der Waals surface area contributed by atoms with Crippen molar-refractivity contribution >= 4 is 34.7 Å². The Balaban J connectivity index is 1.47. The number of likely N-dealkylation sites (N-methyl/N-ethyl adjacent to an activating group) is 1. The number of anilines is 1. The molecule has 3 N–H and O–H groups in total. The van der Waals surface area contributed by atoms with Crippen LogP contribution in [0.4, 0.5) is 5.82 Å². The van der Waals surface area contributed by atoms with Crippen LogP contribution in [-0.4, -0.2) is 34.8 Å². The van der Waals surface area contributed by atoms with Gasteiger partial charge in [-0.1, -0.05) is 18.2 Å². The Labute approximate surface area is 174 Å². The first-order valence-corrected chi connectivity index (χ1v) is 9.88. The summed E-state index contributed by atoms with van der Waals surface area (Å²) in [5, 5.41) is 3.77. The molecule has 0 saturated carbocycles. The van der Waals surface area contributed by atoms with Crippen LogP contribution in [-0.2, 0) is 22.6 Å². The van der Waals surface area contributed by atoms with Crippen LogP contribution >= 0.6 is 0 Å². The van der Waals surface area contributed by atoms with Crippen LogP contribution in [0.3, 0.4) is 0 Å². The van der Waals surface area contributed by atoms with E-state index >= 15 is 0 Å². The van der Waals surface area contributed by atoms with Crippen LogP contribution < -0.4 is 11.1 Å². The number of hydrogen-bond donors (Lipinski definition) is 2. The summed E-state index contributed by atoms with van der Waals surface area (Å²) in [6, 6.07) is 9.22. The van der Waals surface area contributed by atoms with Crippen LogP contribution in [0.2, 0.25) is 0 Å². The quantitative estimate of drug-likeness (QED) is 0.651. The van der Waals surface area contributed by atoms with Gasteiger partial charge in [-0.3, -0.25) is 9.59 Å². The molecule has 1 aliphatic heterocycles. The van der Waals surface area contributed by atoms with Gasteiger partial charge in [0.05, 0.1) is 6.04 Å². The van der Waals surface area contributed by atoms with E-state index in [9.17, 15) is 9.59 Å². The lowest BCUT2D eigenvalue weighted by Crippen LogP contribution is -2.34. The molecule has 2 aromatic heterocycles. The highest BCUT2D eigenvalue weighted by atomic mass is 16.3. The Morgan fingerprint density at radius 3 is 3.03 bits per heavy atom. The van der Waals surface area contributed by atoms with Gasteiger partial charge < -0.3 is 20.4 Å². The van der Waals surface area contributed by atoms with E-state index < -0.39 is 6.04 Å². The third-order valence-corrected chi connectivity index (χ3v) is 5.38. The maximum Gasteiger partial charge on any atom is 0.246 e. The van der Waals surface area contributed by atoms with E-state index in [1.807, 2.05) is 37.3 Å². The summed E-state index contributed by atoms with van der Waals surface area (Å²) in [5.74, 6) is 1.01. The molecule has 3 heterocycles. The van der Waals surface area contributed by atoms with Crippen molar-refractivity contribution in [2.24, 2.45) is 5.73 Å². The summed E-state index contributed by atoms with van der Waals surface area (Å²) in [6.07, 6.45) is 6.12. The first-order valence-electron chi connectivity index (χ1n) is 9.88. The van der Waals surface area contributed by atoms with E-state index in [1.54, 1.807) is 24.2 Å². The second kappa shape index (κ2) is 8.12. The molecule has 0 bridgehead atoms. The van der Waals surface area contributed by atoms with Crippen LogP contribution in [0, 0.1) is 6.92 Å². The molecule has 7 heteroatoms. The van der Waals surface area contributed by atoms with Gasteiger partial charge in [0.25, 0.3) is 0 Å². The number of carbonyl (C=O) groups is 2. The monoisotopic (exact) mass is 404 g/mol. The number of fused-ring (bicyclic) bond motifs is 2. The summed E-state index contributed by atoms with van der Waals surface area (Å²) in [4.78, 5) is 30.4. The number of nitrogens with one attached hydrogen (secondary N) is 1. The molecule has 154 valence electrons. The van der Waals surface area contributed by atoms with Gasteiger partial charge in [0.1, 0.15) is 17.2 Å². The number of hydrogen-bond acceptors (Lipinski definition) is 5. The molecular weight excluding hydrogens is 380 g/mol. The van der Waals surface area contributed by atoms with E-state index in [0.29, 0.717) is 25.2 Å². The van der Waals surface area contributed by atoms with Crippen molar-refractivity contribution in [3.8, 4) is 0 Å². The first kappa shape index (κ1) is 19.8. The van der Waals surface area contributed by atoms with Crippen molar-refractivity contribution in [3.63, 3.8) is 0 Å². The second-order valence-electron chi connectivity index (χ2n) is 7.57. The SMILES string of the molecule is Cc1oc2ccccc2c1CN(C)C(=O)/C=C/c1cnc2c(c1)CCC(N)C(=O)N2. The molecule has 4 rings (SSSR count). The highest BCUT2D eigenvalue weighted by molar-refractivity contribution is 5.95. The largest absolute Gasteiger partial charge is 0.461 e. The summed E-state index contributed by atoms with van der Waals surface area (Å²) in [5.41, 5.74) is 9.36. The van der Waals surface area contributed by atoms with E-state index in [2.05, 4.69) is 10.3 Å². The van der Waals surface area contributed by atoms with Gasteiger partial charge in [0.2, 0.25) is 11.8 Å². The third-order valence-electron chi connectivity index (χ3n) is 5.38. The van der Waals surface area contributed by atoms with Crippen LogP contribution in [0.15, 0.2) is 47.0 Å². The lowest BCUT2D eigenvalue weighted by Gasteiger charge is -2.15. The number of aryl methyl sites for hydroxylation is 2. The fourth-order valence-electron chi connectivity index (χ4n) is 3.60. The number of carbonyl (C=O) groups excluding carboxylic acids is 2. The zero-order valence-electron chi connectivity index (χ0n) is 17.0. The molecule has 3 aromatic rings. The maximum absolute atomic E-state index is 12.6. The van der Waals surface area contributed by atoms with Crippen molar-refractivity contribution in [3.05, 3.63) is 65.1 Å². The standard InChI is InChI=1S/C23H24N4O3/c1-14-18(17-5-3-4-6-20(17)30-14)13-27(2)21(28)10-7-15-11-16-8-9-19(24)23(29)26-22(16)25-12-15/h3-7,10-12,19H,8-9,13,24H2,1-2H3,(H,25,26,29)/b10-7+. The van der Waals surface area contributed by atoms with E-state index in [-0.39, 0.29) is 11.8 Å². The number of para-hydroxylation sites is 1. The molecule has 2 amide bonds. The molecule has 0 saturated heterocycles. The summed E-state index contributed by atoms with van der Waals surface area (Å²) < 4.78 is 5.78. The van der Waals surface area contributed by atoms with Gasteiger partial charge in [-0.25, -0.2) is 4.98 Å². The minimum absolute atomic E-state index is 0.120. The molecule has 0 aliphatic carbocycles. The predicted molar refractivity (Wildman–Crippen MR) is 116 cm³/mol. The number of nitrogens with two attached hydrogens (primary N) is 1.